The molecule has 0 aliphatic rings. The number of hydrogen-bond acceptors (Lipinski definition) is 3. The van der Waals surface area contributed by atoms with E-state index in [1.807, 2.05) is 20.1 Å². The number of rotatable bonds is 8. The highest BCUT2D eigenvalue weighted by Gasteiger charge is 2.17. The molecule has 6 heteroatoms. The van der Waals surface area contributed by atoms with Crippen LogP contribution in [-0.4, -0.2) is 53.1 Å². The van der Waals surface area contributed by atoms with E-state index in [9.17, 15) is 9.59 Å². The van der Waals surface area contributed by atoms with Crippen molar-refractivity contribution >= 4 is 23.8 Å². The lowest BCUT2D eigenvalue weighted by molar-refractivity contribution is -0.137. The van der Waals surface area contributed by atoms with E-state index in [4.69, 9.17) is 5.11 Å². The number of urea groups is 1. The summed E-state index contributed by atoms with van der Waals surface area (Å²) in [6, 6.07) is -0.217. The maximum atomic E-state index is 11.8. The van der Waals surface area contributed by atoms with Crippen LogP contribution in [0.15, 0.2) is 0 Å². The molecule has 2 amide bonds. The van der Waals surface area contributed by atoms with Gasteiger partial charge in [0.2, 0.25) is 0 Å². The second-order valence-electron chi connectivity index (χ2n) is 3.95. The predicted octanol–water partition coefficient (Wildman–Crippen LogP) is 1.63. The molecule has 0 spiro atoms. The van der Waals surface area contributed by atoms with Gasteiger partial charge in [-0.3, -0.25) is 4.79 Å². The van der Waals surface area contributed by atoms with Gasteiger partial charge in [0.25, 0.3) is 0 Å². The van der Waals surface area contributed by atoms with Crippen LogP contribution in [-0.2, 0) is 4.79 Å². The van der Waals surface area contributed by atoms with E-state index in [0.29, 0.717) is 6.54 Å². The first-order valence-corrected chi connectivity index (χ1v) is 7.16. The van der Waals surface area contributed by atoms with Gasteiger partial charge in [0.1, 0.15) is 6.54 Å². The van der Waals surface area contributed by atoms with E-state index in [-0.39, 0.29) is 18.6 Å². The minimum Gasteiger partial charge on any atom is -0.480 e. The molecule has 0 fully saturated rings. The molecule has 0 saturated carbocycles. The van der Waals surface area contributed by atoms with Gasteiger partial charge in [-0.05, 0) is 31.8 Å². The van der Waals surface area contributed by atoms with E-state index in [2.05, 4.69) is 5.32 Å². The quantitative estimate of drug-likeness (QED) is 0.697. The number of thioether (sulfide) groups is 1. The van der Waals surface area contributed by atoms with Crippen molar-refractivity contribution in [1.82, 2.24) is 10.2 Å². The van der Waals surface area contributed by atoms with Gasteiger partial charge in [0.15, 0.2) is 0 Å². The van der Waals surface area contributed by atoms with Gasteiger partial charge in [-0.2, -0.15) is 11.8 Å². The Bertz CT molecular complexity index is 249. The van der Waals surface area contributed by atoms with Crippen molar-refractivity contribution in [3.63, 3.8) is 0 Å². The lowest BCUT2D eigenvalue weighted by atomic mass is 10.2. The fourth-order valence-corrected chi connectivity index (χ4v) is 1.94. The zero-order chi connectivity index (χ0) is 13.3. The first-order valence-electron chi connectivity index (χ1n) is 5.77. The van der Waals surface area contributed by atoms with Crippen molar-refractivity contribution < 1.29 is 14.7 Å². The number of carboxylic acids is 1. The largest absolute Gasteiger partial charge is 0.480 e. The molecule has 2 N–H and O–H groups in total. The highest BCUT2D eigenvalue weighted by molar-refractivity contribution is 7.98. The molecular formula is C11H22N2O3S. The molecule has 0 bridgehead atoms. The Balaban J connectivity index is 4.16. The van der Waals surface area contributed by atoms with Crippen molar-refractivity contribution in [2.45, 2.75) is 32.7 Å². The summed E-state index contributed by atoms with van der Waals surface area (Å²) in [6.45, 7) is 4.07. The fourth-order valence-electron chi connectivity index (χ4n) is 1.35. The number of hydrogen-bond donors (Lipinski definition) is 2. The van der Waals surface area contributed by atoms with Crippen molar-refractivity contribution in [2.24, 2.45) is 0 Å². The molecule has 5 nitrogen and oxygen atoms in total. The van der Waals surface area contributed by atoms with Crippen LogP contribution >= 0.6 is 11.8 Å². The maximum absolute atomic E-state index is 11.8. The SMILES string of the molecule is CCCN(CC(=O)O)C(=O)NC(C)CCSC. The highest BCUT2D eigenvalue weighted by Crippen LogP contribution is 2.01. The van der Waals surface area contributed by atoms with Crippen LogP contribution in [0.1, 0.15) is 26.7 Å². The second kappa shape index (κ2) is 9.15. The molecule has 0 aromatic rings. The molecule has 0 rings (SSSR count). The molecule has 100 valence electrons. The van der Waals surface area contributed by atoms with Gasteiger partial charge in [-0.25, -0.2) is 4.79 Å². The van der Waals surface area contributed by atoms with Crippen LogP contribution in [0.3, 0.4) is 0 Å². The first-order chi connectivity index (χ1) is 8.01. The van der Waals surface area contributed by atoms with Gasteiger partial charge in [-0.1, -0.05) is 6.92 Å². The number of carbonyl (C=O) groups excluding carboxylic acids is 1. The molecule has 0 aliphatic heterocycles. The standard InChI is InChI=1S/C11H22N2O3S/c1-4-6-13(8-10(14)15)11(16)12-9(2)5-7-17-3/h9H,4-8H2,1-3H3,(H,12,16)(H,14,15). The Labute approximate surface area is 107 Å². The topological polar surface area (TPSA) is 69.6 Å². The lowest BCUT2D eigenvalue weighted by Crippen LogP contribution is -2.46. The van der Waals surface area contributed by atoms with Gasteiger partial charge < -0.3 is 15.3 Å². The number of nitrogens with one attached hydrogen (secondary N) is 1. The molecule has 0 heterocycles. The van der Waals surface area contributed by atoms with Crippen LogP contribution in [0, 0.1) is 0 Å². The summed E-state index contributed by atoms with van der Waals surface area (Å²) in [5, 5.41) is 11.5. The van der Waals surface area contributed by atoms with Crippen LogP contribution in [0.4, 0.5) is 4.79 Å². The normalized spacial score (nSPS) is 11.9. The Morgan fingerprint density at radius 1 is 1.47 bits per heavy atom. The molecule has 0 aromatic heterocycles. The van der Waals surface area contributed by atoms with Crippen LogP contribution < -0.4 is 5.32 Å². The summed E-state index contributed by atoms with van der Waals surface area (Å²) in [7, 11) is 0. The molecule has 0 aromatic carbocycles. The molecule has 1 atom stereocenters. The van der Waals surface area contributed by atoms with Crippen LogP contribution in [0.25, 0.3) is 0 Å². The smallest absolute Gasteiger partial charge is 0.323 e. The average molecular weight is 262 g/mol. The van der Waals surface area contributed by atoms with E-state index in [0.717, 1.165) is 18.6 Å². The zero-order valence-corrected chi connectivity index (χ0v) is 11.5. The second-order valence-corrected chi connectivity index (χ2v) is 4.93. The van der Waals surface area contributed by atoms with E-state index in [1.165, 1.54) is 4.90 Å². The summed E-state index contributed by atoms with van der Waals surface area (Å²) < 4.78 is 0. The van der Waals surface area contributed by atoms with Crippen molar-refractivity contribution in [2.75, 3.05) is 25.1 Å². The molecular weight excluding hydrogens is 240 g/mol. The highest BCUT2D eigenvalue weighted by atomic mass is 32.2. The first kappa shape index (κ1) is 16.1. The van der Waals surface area contributed by atoms with E-state index in [1.54, 1.807) is 11.8 Å². The number of carboxylic acid groups (broad SMARTS) is 1. The van der Waals surface area contributed by atoms with Crippen molar-refractivity contribution in [3.8, 4) is 0 Å². The van der Waals surface area contributed by atoms with Crippen molar-refractivity contribution in [1.29, 1.82) is 0 Å². The monoisotopic (exact) mass is 262 g/mol. The average Bonchev–Trinajstić information content (AvgIpc) is 2.25. The minimum absolute atomic E-state index is 0.0723. The van der Waals surface area contributed by atoms with Gasteiger partial charge in [0.05, 0.1) is 0 Å². The summed E-state index contributed by atoms with van der Waals surface area (Å²) in [5.41, 5.74) is 0. The van der Waals surface area contributed by atoms with Crippen LogP contribution in [0.2, 0.25) is 0 Å². The van der Waals surface area contributed by atoms with Crippen LogP contribution in [0.5, 0.6) is 0 Å². The Hall–Kier alpha value is -0.910. The lowest BCUT2D eigenvalue weighted by Gasteiger charge is -2.23. The molecule has 17 heavy (non-hydrogen) atoms. The molecule has 0 aliphatic carbocycles. The van der Waals surface area contributed by atoms with E-state index < -0.39 is 5.97 Å². The fraction of sp³-hybridized carbons (Fsp3) is 0.818. The molecule has 0 saturated heterocycles. The summed E-state index contributed by atoms with van der Waals surface area (Å²) >= 11 is 1.73. The summed E-state index contributed by atoms with van der Waals surface area (Å²) in [5.74, 6) is -0.000829. The van der Waals surface area contributed by atoms with E-state index >= 15 is 0 Å². The maximum Gasteiger partial charge on any atom is 0.323 e. The minimum atomic E-state index is -0.981. The Kier molecular flexibility index (Phi) is 8.66. The third-order valence-electron chi connectivity index (χ3n) is 2.23. The Morgan fingerprint density at radius 3 is 2.59 bits per heavy atom. The summed E-state index contributed by atoms with van der Waals surface area (Å²) in [6.07, 6.45) is 3.65. The third kappa shape index (κ3) is 7.90. The van der Waals surface area contributed by atoms with Gasteiger partial charge >= 0.3 is 12.0 Å². The number of nitrogens with zero attached hydrogens (tertiary/aromatic N) is 1. The third-order valence-corrected chi connectivity index (χ3v) is 2.88. The van der Waals surface area contributed by atoms with Crippen molar-refractivity contribution in [3.05, 3.63) is 0 Å². The van der Waals surface area contributed by atoms with Gasteiger partial charge in [0, 0.05) is 12.6 Å². The number of aliphatic carboxylic acids is 1. The zero-order valence-electron chi connectivity index (χ0n) is 10.7. The predicted molar refractivity (Wildman–Crippen MR) is 70.5 cm³/mol. The molecule has 0 radical (unpaired) electrons. The number of amides is 2. The Morgan fingerprint density at radius 2 is 2.12 bits per heavy atom. The van der Waals surface area contributed by atoms with Gasteiger partial charge in [-0.15, -0.1) is 0 Å². The number of carbonyl (C=O) groups is 2. The summed E-state index contributed by atoms with van der Waals surface area (Å²) in [4.78, 5) is 23.7. The molecule has 1 unspecified atom stereocenters.